The zero-order valence-corrected chi connectivity index (χ0v) is 18.5. The maximum Gasteiger partial charge on any atom is 0.241 e. The van der Waals surface area contributed by atoms with Crippen molar-refractivity contribution in [1.29, 1.82) is 0 Å². The molecule has 164 valence electrons. The van der Waals surface area contributed by atoms with Crippen molar-refractivity contribution in [3.63, 3.8) is 0 Å². The number of ether oxygens (including phenoxy) is 1. The Morgan fingerprint density at radius 1 is 1.17 bits per heavy atom. The first kappa shape index (κ1) is 24.9. The van der Waals surface area contributed by atoms with Crippen LogP contribution >= 0.6 is 0 Å². The van der Waals surface area contributed by atoms with Crippen LogP contribution in [-0.2, 0) is 26.1 Å². The third-order valence-electron chi connectivity index (χ3n) is 3.89. The van der Waals surface area contributed by atoms with E-state index in [4.69, 9.17) is 9.88 Å². The van der Waals surface area contributed by atoms with Gasteiger partial charge in [-0.2, -0.15) is 0 Å². The molecule has 0 aliphatic heterocycles. The summed E-state index contributed by atoms with van der Waals surface area (Å²) in [6.07, 6.45) is 2.04. The van der Waals surface area contributed by atoms with Gasteiger partial charge in [-0.05, 0) is 44.4 Å². The number of primary sulfonamides is 1. The molecule has 0 aromatic heterocycles. The summed E-state index contributed by atoms with van der Waals surface area (Å²) in [5, 5.41) is 11.3. The molecule has 0 spiro atoms. The van der Waals surface area contributed by atoms with Crippen molar-refractivity contribution in [1.82, 2.24) is 15.5 Å². The molecule has 0 saturated carbocycles. The lowest BCUT2D eigenvalue weighted by molar-refractivity contribution is -0.127. The van der Waals surface area contributed by atoms with E-state index in [-0.39, 0.29) is 23.5 Å². The molecule has 0 fully saturated rings. The number of hydrogen-bond acceptors (Lipinski definition) is 5. The lowest BCUT2D eigenvalue weighted by Crippen LogP contribution is -2.43. The first-order valence-corrected chi connectivity index (χ1v) is 11.1. The van der Waals surface area contributed by atoms with E-state index in [0.717, 1.165) is 18.4 Å². The Morgan fingerprint density at radius 2 is 1.83 bits per heavy atom. The molecule has 4 N–H and O–H groups in total. The van der Waals surface area contributed by atoms with Crippen LogP contribution in [0.1, 0.15) is 32.3 Å². The number of nitrogens with zero attached hydrogens (tertiary/aromatic N) is 2. The monoisotopic (exact) mass is 427 g/mol. The summed E-state index contributed by atoms with van der Waals surface area (Å²) < 4.78 is 28.2. The Hall–Kier alpha value is -2.17. The van der Waals surface area contributed by atoms with Crippen LogP contribution in [0.4, 0.5) is 0 Å². The highest BCUT2D eigenvalue weighted by Gasteiger charge is 2.08. The summed E-state index contributed by atoms with van der Waals surface area (Å²) in [6.45, 7) is 5.85. The number of carbonyl (C=O) groups excluding carboxylic acids is 1. The quantitative estimate of drug-likeness (QED) is 0.271. The Bertz CT molecular complexity index is 761. The molecule has 0 unspecified atom stereocenters. The zero-order valence-electron chi connectivity index (χ0n) is 17.6. The number of likely N-dealkylation sites (N-methyl/N-ethyl adjacent to an activating group) is 1. The molecular formula is C19H33N5O4S. The van der Waals surface area contributed by atoms with Gasteiger partial charge in [-0.25, -0.2) is 18.5 Å². The minimum absolute atomic E-state index is 0.0573. The topological polar surface area (TPSA) is 126 Å². The lowest BCUT2D eigenvalue weighted by atomic mass is 10.2. The normalized spacial score (nSPS) is 12.1. The van der Waals surface area contributed by atoms with E-state index in [2.05, 4.69) is 15.6 Å². The van der Waals surface area contributed by atoms with Crippen molar-refractivity contribution in [2.75, 3.05) is 33.8 Å². The van der Waals surface area contributed by atoms with Gasteiger partial charge in [-0.15, -0.1) is 0 Å². The summed E-state index contributed by atoms with van der Waals surface area (Å²) >= 11 is 0. The first-order valence-electron chi connectivity index (χ1n) is 9.55. The Balaban J connectivity index is 2.64. The van der Waals surface area contributed by atoms with E-state index in [1.54, 1.807) is 26.2 Å². The van der Waals surface area contributed by atoms with Crippen LogP contribution in [0.15, 0.2) is 34.2 Å². The highest BCUT2D eigenvalue weighted by Crippen LogP contribution is 2.09. The van der Waals surface area contributed by atoms with Crippen LogP contribution in [0.2, 0.25) is 0 Å². The van der Waals surface area contributed by atoms with Crippen molar-refractivity contribution in [3.8, 4) is 0 Å². The van der Waals surface area contributed by atoms with Gasteiger partial charge in [0.25, 0.3) is 0 Å². The third kappa shape index (κ3) is 10.8. The van der Waals surface area contributed by atoms with E-state index < -0.39 is 10.0 Å². The second-order valence-electron chi connectivity index (χ2n) is 7.05. The molecular weight excluding hydrogens is 394 g/mol. The van der Waals surface area contributed by atoms with E-state index >= 15 is 0 Å². The van der Waals surface area contributed by atoms with E-state index in [1.807, 2.05) is 13.8 Å². The largest absolute Gasteiger partial charge is 0.379 e. The second kappa shape index (κ2) is 12.4. The number of sulfonamides is 1. The average molecular weight is 428 g/mol. The molecule has 0 atom stereocenters. The molecule has 0 radical (unpaired) electrons. The van der Waals surface area contributed by atoms with Gasteiger partial charge < -0.3 is 20.3 Å². The number of nitrogens with one attached hydrogen (secondary N) is 2. The molecule has 1 amide bonds. The minimum Gasteiger partial charge on any atom is -0.379 e. The first-order chi connectivity index (χ1) is 13.6. The van der Waals surface area contributed by atoms with Crippen LogP contribution in [0.3, 0.4) is 0 Å². The number of guanidine groups is 1. The summed E-state index contributed by atoms with van der Waals surface area (Å²) in [7, 11) is -0.334. The SMILES string of the molecule is CC(C)OCCCCNC(=NCc1ccc(S(N)(=O)=O)cc1)NCC(=O)N(C)C. The maximum atomic E-state index is 11.8. The van der Waals surface area contributed by atoms with Gasteiger partial charge in [0.05, 0.1) is 24.1 Å². The van der Waals surface area contributed by atoms with Gasteiger partial charge in [-0.1, -0.05) is 12.1 Å². The van der Waals surface area contributed by atoms with Crippen molar-refractivity contribution >= 4 is 21.9 Å². The fourth-order valence-electron chi connectivity index (χ4n) is 2.20. The highest BCUT2D eigenvalue weighted by atomic mass is 32.2. The molecule has 29 heavy (non-hydrogen) atoms. The predicted molar refractivity (Wildman–Crippen MR) is 114 cm³/mol. The zero-order chi connectivity index (χ0) is 21.9. The van der Waals surface area contributed by atoms with E-state index in [9.17, 15) is 13.2 Å². The fourth-order valence-corrected chi connectivity index (χ4v) is 2.71. The van der Waals surface area contributed by atoms with E-state index in [0.29, 0.717) is 25.7 Å². The molecule has 0 aliphatic rings. The number of carbonyl (C=O) groups is 1. The summed E-state index contributed by atoms with van der Waals surface area (Å²) in [5.41, 5.74) is 0.822. The maximum absolute atomic E-state index is 11.8. The number of hydrogen-bond donors (Lipinski definition) is 3. The van der Waals surface area contributed by atoms with Crippen LogP contribution in [0.5, 0.6) is 0 Å². The molecule has 1 rings (SSSR count). The van der Waals surface area contributed by atoms with Crippen molar-refractivity contribution in [3.05, 3.63) is 29.8 Å². The van der Waals surface area contributed by atoms with Crippen LogP contribution in [0.25, 0.3) is 0 Å². The highest BCUT2D eigenvalue weighted by molar-refractivity contribution is 7.89. The molecule has 9 nitrogen and oxygen atoms in total. The lowest BCUT2D eigenvalue weighted by Gasteiger charge is -2.15. The molecule has 0 saturated heterocycles. The summed E-state index contributed by atoms with van der Waals surface area (Å²) in [6, 6.07) is 6.22. The van der Waals surface area contributed by atoms with Gasteiger partial charge in [0.1, 0.15) is 0 Å². The Morgan fingerprint density at radius 3 is 2.38 bits per heavy atom. The average Bonchev–Trinajstić information content (AvgIpc) is 2.64. The van der Waals surface area contributed by atoms with Crippen molar-refractivity contribution in [2.24, 2.45) is 10.1 Å². The number of amides is 1. The summed E-state index contributed by atoms with van der Waals surface area (Å²) in [5.74, 6) is 0.447. The Kier molecular flexibility index (Phi) is 10.6. The fraction of sp³-hybridized carbons (Fsp3) is 0.579. The number of unbranched alkanes of at least 4 members (excludes halogenated alkanes) is 1. The molecule has 10 heteroatoms. The number of aliphatic imine (C=N–C) groups is 1. The molecule has 1 aromatic carbocycles. The van der Waals surface area contributed by atoms with Crippen molar-refractivity contribution in [2.45, 2.75) is 44.2 Å². The van der Waals surface area contributed by atoms with E-state index in [1.165, 1.54) is 17.0 Å². The van der Waals surface area contributed by atoms with Crippen molar-refractivity contribution < 1.29 is 17.9 Å². The van der Waals surface area contributed by atoms with Crippen LogP contribution in [0, 0.1) is 0 Å². The smallest absolute Gasteiger partial charge is 0.241 e. The third-order valence-corrected chi connectivity index (χ3v) is 4.82. The van der Waals surface area contributed by atoms with Crippen LogP contribution < -0.4 is 15.8 Å². The molecule has 0 aliphatic carbocycles. The minimum atomic E-state index is -3.72. The number of rotatable bonds is 11. The van der Waals surface area contributed by atoms with Crippen LogP contribution in [-0.4, -0.2) is 65.1 Å². The van der Waals surface area contributed by atoms with Gasteiger partial charge in [0.15, 0.2) is 5.96 Å². The number of nitrogens with two attached hydrogens (primary N) is 1. The van der Waals surface area contributed by atoms with Gasteiger partial charge in [0, 0.05) is 27.2 Å². The predicted octanol–water partition coefficient (Wildman–Crippen LogP) is 0.663. The second-order valence-corrected chi connectivity index (χ2v) is 8.61. The standard InChI is InChI=1S/C19H33N5O4S/c1-15(2)28-12-6-5-11-21-19(23-14-18(25)24(3)4)22-13-16-7-9-17(10-8-16)29(20,26)27/h7-10,15H,5-6,11-14H2,1-4H3,(H2,20,26,27)(H2,21,22,23). The Labute approximate surface area is 173 Å². The summed E-state index contributed by atoms with van der Waals surface area (Å²) in [4.78, 5) is 17.9. The van der Waals surface area contributed by atoms with Gasteiger partial charge in [-0.3, -0.25) is 4.79 Å². The van der Waals surface area contributed by atoms with Gasteiger partial charge in [0.2, 0.25) is 15.9 Å². The number of benzene rings is 1. The van der Waals surface area contributed by atoms with Gasteiger partial charge >= 0.3 is 0 Å². The molecule has 0 bridgehead atoms. The molecule has 1 aromatic rings. The molecule has 0 heterocycles.